The van der Waals surface area contributed by atoms with E-state index in [-0.39, 0.29) is 23.1 Å². The van der Waals surface area contributed by atoms with Gasteiger partial charge in [0.15, 0.2) is 5.78 Å². The quantitative estimate of drug-likeness (QED) is 0.787. The molecule has 1 aliphatic rings. The molecule has 1 fully saturated rings. The van der Waals surface area contributed by atoms with Crippen molar-refractivity contribution in [2.45, 2.75) is 30.2 Å². The molecule has 1 saturated heterocycles. The van der Waals surface area contributed by atoms with Crippen molar-refractivity contribution in [1.29, 1.82) is 0 Å². The first-order chi connectivity index (χ1) is 10.6. The number of sulfonamides is 1. The van der Waals surface area contributed by atoms with Gasteiger partial charge in [-0.3, -0.25) is 9.78 Å². The minimum atomic E-state index is -3.58. The standard InChI is InChI=1S/C15H16N2O3S2/c18-14(15-6-3-9-21-15)10-12-4-2-8-17(12)22(19,20)13-5-1-7-16-11-13/h1,3,5-7,9,11-12H,2,4,8,10H2. The molecular weight excluding hydrogens is 320 g/mol. The molecule has 7 heteroatoms. The smallest absolute Gasteiger partial charge is 0.244 e. The van der Waals surface area contributed by atoms with Crippen molar-refractivity contribution in [2.24, 2.45) is 0 Å². The Bertz CT molecular complexity index is 742. The molecule has 0 aliphatic carbocycles. The van der Waals surface area contributed by atoms with Gasteiger partial charge in [-0.1, -0.05) is 6.07 Å². The predicted molar refractivity (Wildman–Crippen MR) is 84.4 cm³/mol. The van der Waals surface area contributed by atoms with Crippen LogP contribution in [0.25, 0.3) is 0 Å². The number of rotatable bonds is 5. The lowest BCUT2D eigenvalue weighted by atomic mass is 10.1. The van der Waals surface area contributed by atoms with E-state index in [1.807, 2.05) is 11.4 Å². The molecule has 1 unspecified atom stereocenters. The molecule has 2 aromatic heterocycles. The molecule has 1 atom stereocenters. The second-order valence-corrected chi connectivity index (χ2v) is 8.04. The maximum Gasteiger partial charge on any atom is 0.244 e. The number of carbonyl (C=O) groups excluding carboxylic acids is 1. The first-order valence-electron chi connectivity index (χ1n) is 7.07. The van der Waals surface area contributed by atoms with Gasteiger partial charge in [0.1, 0.15) is 4.90 Å². The van der Waals surface area contributed by atoms with E-state index in [1.165, 1.54) is 21.8 Å². The molecule has 0 amide bonds. The first-order valence-corrected chi connectivity index (χ1v) is 9.39. The molecule has 0 N–H and O–H groups in total. The molecule has 0 bridgehead atoms. The summed E-state index contributed by atoms with van der Waals surface area (Å²) in [5.41, 5.74) is 0. The average molecular weight is 336 g/mol. The van der Waals surface area contributed by atoms with Gasteiger partial charge in [0.25, 0.3) is 0 Å². The number of ketones is 1. The molecule has 1 aliphatic heterocycles. The number of hydrogen-bond acceptors (Lipinski definition) is 5. The molecule has 0 saturated carbocycles. The van der Waals surface area contributed by atoms with Crippen molar-refractivity contribution in [2.75, 3.05) is 6.54 Å². The third-order valence-electron chi connectivity index (χ3n) is 3.78. The van der Waals surface area contributed by atoms with Crippen molar-refractivity contribution in [3.63, 3.8) is 0 Å². The molecule has 3 rings (SSSR count). The Morgan fingerprint density at radius 1 is 1.36 bits per heavy atom. The van der Waals surface area contributed by atoms with Crippen LogP contribution in [0.5, 0.6) is 0 Å². The predicted octanol–water partition coefficient (Wildman–Crippen LogP) is 2.57. The lowest BCUT2D eigenvalue weighted by molar-refractivity contribution is 0.0965. The fourth-order valence-corrected chi connectivity index (χ4v) is 5.05. The van der Waals surface area contributed by atoms with Gasteiger partial charge in [-0.25, -0.2) is 8.42 Å². The summed E-state index contributed by atoms with van der Waals surface area (Å²) in [6.07, 6.45) is 4.63. The van der Waals surface area contributed by atoms with Crippen molar-refractivity contribution in [3.05, 3.63) is 46.9 Å². The van der Waals surface area contributed by atoms with Gasteiger partial charge in [0.05, 0.1) is 4.88 Å². The van der Waals surface area contributed by atoms with Crippen LogP contribution in [0, 0.1) is 0 Å². The highest BCUT2D eigenvalue weighted by molar-refractivity contribution is 7.89. The normalized spacial score (nSPS) is 19.4. The van der Waals surface area contributed by atoms with Crippen LogP contribution in [0.3, 0.4) is 0 Å². The SMILES string of the molecule is O=C(CC1CCCN1S(=O)(=O)c1cccnc1)c1cccs1. The second-order valence-electron chi connectivity index (χ2n) is 5.21. The van der Waals surface area contributed by atoms with Crippen molar-refractivity contribution < 1.29 is 13.2 Å². The number of pyridine rings is 1. The summed E-state index contributed by atoms with van der Waals surface area (Å²) in [5.74, 6) is 0.00767. The fourth-order valence-electron chi connectivity index (χ4n) is 2.72. The van der Waals surface area contributed by atoms with E-state index < -0.39 is 10.0 Å². The molecule has 116 valence electrons. The summed E-state index contributed by atoms with van der Waals surface area (Å²) < 4.78 is 26.8. The zero-order valence-corrected chi connectivity index (χ0v) is 13.5. The minimum Gasteiger partial charge on any atom is -0.293 e. The Morgan fingerprint density at radius 3 is 2.91 bits per heavy atom. The summed E-state index contributed by atoms with van der Waals surface area (Å²) >= 11 is 1.39. The monoisotopic (exact) mass is 336 g/mol. The Labute approximate surface area is 133 Å². The molecule has 5 nitrogen and oxygen atoms in total. The molecule has 0 spiro atoms. The second kappa shape index (κ2) is 6.28. The molecule has 3 heterocycles. The van der Waals surface area contributed by atoms with Crippen LogP contribution >= 0.6 is 11.3 Å². The number of carbonyl (C=O) groups is 1. The van der Waals surface area contributed by atoms with Crippen molar-refractivity contribution in [1.82, 2.24) is 9.29 Å². The van der Waals surface area contributed by atoms with Crippen LogP contribution in [0.15, 0.2) is 46.9 Å². The number of thiophene rings is 1. The molecule has 0 aromatic carbocycles. The minimum absolute atomic E-state index is 0.00767. The maximum absolute atomic E-state index is 12.7. The summed E-state index contributed by atoms with van der Waals surface area (Å²) in [7, 11) is -3.58. The van der Waals surface area contributed by atoms with Crippen LogP contribution in [-0.4, -0.2) is 36.1 Å². The molecule has 22 heavy (non-hydrogen) atoms. The number of nitrogens with zero attached hydrogens (tertiary/aromatic N) is 2. The van der Waals surface area contributed by atoms with Crippen LogP contribution < -0.4 is 0 Å². The van der Waals surface area contributed by atoms with E-state index in [2.05, 4.69) is 4.98 Å². The third-order valence-corrected chi connectivity index (χ3v) is 6.63. The molecule has 2 aromatic rings. The average Bonchev–Trinajstić information content (AvgIpc) is 3.19. The molecular formula is C15H16N2O3S2. The summed E-state index contributed by atoms with van der Waals surface area (Å²) in [5, 5.41) is 1.85. The highest BCUT2D eigenvalue weighted by atomic mass is 32.2. The number of aromatic nitrogens is 1. The summed E-state index contributed by atoms with van der Waals surface area (Å²) in [4.78, 5) is 17.0. The van der Waals surface area contributed by atoms with E-state index >= 15 is 0 Å². The molecule has 0 radical (unpaired) electrons. The summed E-state index contributed by atoms with van der Waals surface area (Å²) in [6, 6.07) is 6.49. The van der Waals surface area contributed by atoms with E-state index in [1.54, 1.807) is 24.4 Å². The largest absolute Gasteiger partial charge is 0.293 e. The Morgan fingerprint density at radius 2 is 2.23 bits per heavy atom. The zero-order chi connectivity index (χ0) is 15.6. The van der Waals surface area contributed by atoms with Crippen LogP contribution in [-0.2, 0) is 10.0 Å². The van der Waals surface area contributed by atoms with Gasteiger partial charge < -0.3 is 0 Å². The highest BCUT2D eigenvalue weighted by Crippen LogP contribution is 2.28. The van der Waals surface area contributed by atoms with E-state index in [9.17, 15) is 13.2 Å². The fraction of sp³-hybridized carbons (Fsp3) is 0.333. The van der Waals surface area contributed by atoms with Crippen molar-refractivity contribution in [3.8, 4) is 0 Å². The number of Topliss-reactive ketones (excluding diaryl/α,β-unsaturated/α-hetero) is 1. The Hall–Kier alpha value is -1.57. The highest BCUT2D eigenvalue weighted by Gasteiger charge is 2.36. The topological polar surface area (TPSA) is 67.3 Å². The van der Waals surface area contributed by atoms with Gasteiger partial charge in [-0.15, -0.1) is 11.3 Å². The summed E-state index contributed by atoms with van der Waals surface area (Å²) in [6.45, 7) is 0.458. The lowest BCUT2D eigenvalue weighted by Crippen LogP contribution is -2.36. The third kappa shape index (κ3) is 2.97. The lowest BCUT2D eigenvalue weighted by Gasteiger charge is -2.23. The Balaban J connectivity index is 1.80. The van der Waals surface area contributed by atoms with Gasteiger partial charge in [0.2, 0.25) is 10.0 Å². The van der Waals surface area contributed by atoms with Crippen molar-refractivity contribution >= 4 is 27.1 Å². The van der Waals surface area contributed by atoms with E-state index in [4.69, 9.17) is 0 Å². The first kappa shape index (κ1) is 15.3. The van der Waals surface area contributed by atoms with Crippen LogP contribution in [0.1, 0.15) is 28.9 Å². The Kier molecular flexibility index (Phi) is 4.37. The zero-order valence-electron chi connectivity index (χ0n) is 11.9. The van der Waals surface area contributed by atoms with E-state index in [0.717, 1.165) is 12.8 Å². The van der Waals surface area contributed by atoms with Gasteiger partial charge >= 0.3 is 0 Å². The van der Waals surface area contributed by atoms with Crippen LogP contribution in [0.4, 0.5) is 0 Å². The van der Waals surface area contributed by atoms with Crippen LogP contribution in [0.2, 0.25) is 0 Å². The van der Waals surface area contributed by atoms with Gasteiger partial charge in [-0.2, -0.15) is 4.31 Å². The number of hydrogen-bond donors (Lipinski definition) is 0. The van der Waals surface area contributed by atoms with E-state index in [0.29, 0.717) is 11.4 Å². The maximum atomic E-state index is 12.7. The van der Waals surface area contributed by atoms with Gasteiger partial charge in [-0.05, 0) is 36.4 Å². The van der Waals surface area contributed by atoms with Gasteiger partial charge in [0, 0.05) is 31.4 Å².